The number of benzene rings is 2. The van der Waals surface area contributed by atoms with Gasteiger partial charge in [0.25, 0.3) is 0 Å². The molecule has 0 radical (unpaired) electrons. The van der Waals surface area contributed by atoms with Crippen LogP contribution in [-0.4, -0.2) is 31.5 Å². The van der Waals surface area contributed by atoms with Crippen LogP contribution >= 0.6 is 0 Å². The molecule has 0 heterocycles. The lowest BCUT2D eigenvalue weighted by Gasteiger charge is -2.22. The van der Waals surface area contributed by atoms with Gasteiger partial charge in [0.1, 0.15) is 11.8 Å². The van der Waals surface area contributed by atoms with Gasteiger partial charge in [0.05, 0.1) is 5.25 Å². The van der Waals surface area contributed by atoms with Crippen molar-refractivity contribution < 1.29 is 13.3 Å². The monoisotopic (exact) mass is 659 g/mol. The van der Waals surface area contributed by atoms with Gasteiger partial charge in [-0.05, 0) is 81.3 Å². The van der Waals surface area contributed by atoms with Gasteiger partial charge in [-0.1, -0.05) is 143 Å². The maximum Gasteiger partial charge on any atom is 0.214 e. The minimum atomic E-state index is -2.94. The molecule has 0 saturated heterocycles. The zero-order chi connectivity index (χ0) is 33.1. The van der Waals surface area contributed by atoms with Crippen molar-refractivity contribution in [2.45, 2.75) is 153 Å². The smallest absolute Gasteiger partial charge is 0.214 e. The molecule has 46 heavy (non-hydrogen) atoms. The minimum Gasteiger partial charge on any atom is -0.393 e. The van der Waals surface area contributed by atoms with Crippen molar-refractivity contribution in [3.63, 3.8) is 0 Å². The predicted molar refractivity (Wildman–Crippen MR) is 203 cm³/mol. The summed E-state index contributed by atoms with van der Waals surface area (Å²) in [5.41, 5.74) is 6.21. The molecule has 3 aliphatic carbocycles. The molecule has 2 aromatic carbocycles. The number of hydrogen-bond donors (Lipinski definition) is 1. The predicted octanol–water partition coefficient (Wildman–Crippen LogP) is 11.5. The summed E-state index contributed by atoms with van der Waals surface area (Å²) in [5, 5.41) is 4.23. The van der Waals surface area contributed by atoms with E-state index in [4.69, 9.17) is 4.84 Å². The summed E-state index contributed by atoms with van der Waals surface area (Å²) in [6.07, 6.45) is 9.26. The summed E-state index contributed by atoms with van der Waals surface area (Å²) in [5.74, 6) is 2.81. The van der Waals surface area contributed by atoms with Crippen LogP contribution in [-0.2, 0) is 14.9 Å². The molecule has 2 fully saturated rings. The first-order valence-corrected chi connectivity index (χ1v) is 18.5. The molecule has 0 amide bonds. The lowest BCUT2D eigenvalue weighted by atomic mass is 9.84. The minimum absolute atomic E-state index is 0. The van der Waals surface area contributed by atoms with Gasteiger partial charge in [-0.3, -0.25) is 0 Å². The number of sulfonamides is 1. The third kappa shape index (κ3) is 15.2. The second-order valence-electron chi connectivity index (χ2n) is 15.0. The van der Waals surface area contributed by atoms with Crippen LogP contribution in [0.25, 0.3) is 11.1 Å². The lowest BCUT2D eigenvalue weighted by Crippen LogP contribution is -2.32. The van der Waals surface area contributed by atoms with Crippen LogP contribution in [0.15, 0.2) is 53.7 Å². The highest BCUT2D eigenvalue weighted by Gasteiger charge is 2.35. The first kappa shape index (κ1) is 43.8. The van der Waals surface area contributed by atoms with Crippen molar-refractivity contribution >= 4 is 15.7 Å². The summed E-state index contributed by atoms with van der Waals surface area (Å²) in [4.78, 5) is 5.43. The SMILES string of the molecule is C.C.CC(C)C(C)(C)C.CC(C)CC1CCCC1.CC(C)NS(=O)(=O)C1CC1.CC(C)ON=C1c2ccccc2-c2ccccc21. The van der Waals surface area contributed by atoms with E-state index in [2.05, 4.69) is 94.7 Å². The fourth-order valence-corrected chi connectivity index (χ4v) is 6.57. The van der Waals surface area contributed by atoms with Crippen LogP contribution in [0.5, 0.6) is 0 Å². The highest BCUT2D eigenvalue weighted by Crippen LogP contribution is 2.36. The molecule has 0 spiro atoms. The van der Waals surface area contributed by atoms with Gasteiger partial charge in [0.2, 0.25) is 10.0 Å². The van der Waals surface area contributed by atoms with E-state index in [0.717, 1.165) is 47.4 Å². The molecule has 0 unspecified atom stereocenters. The highest BCUT2D eigenvalue weighted by molar-refractivity contribution is 7.90. The Hall–Kier alpha value is -2.18. The van der Waals surface area contributed by atoms with E-state index >= 15 is 0 Å². The maximum absolute atomic E-state index is 11.1. The Balaban J connectivity index is 0.000000625. The Labute approximate surface area is 285 Å². The Kier molecular flexibility index (Phi) is 19.3. The maximum atomic E-state index is 11.1. The zero-order valence-corrected chi connectivity index (χ0v) is 30.4. The van der Waals surface area contributed by atoms with E-state index in [-0.39, 0.29) is 32.2 Å². The number of hydrogen-bond acceptors (Lipinski definition) is 4. The molecule has 6 heteroatoms. The molecular formula is C40H70N2O3S. The normalized spacial score (nSPS) is 15.3. The van der Waals surface area contributed by atoms with E-state index in [1.165, 1.54) is 43.2 Å². The standard InChI is InChI=1S/C16H15NO.C9H18.C7H16.C6H13NO2S.2CH4/c1-11(2)18-17-16-14-9-5-3-7-12(14)13-8-4-6-10-15(13)16;1-8(2)7-9-5-3-4-6-9;1-6(2)7(3,4)5;1-5(2)7-10(8,9)6-3-4-6;;/h3-11H,1-2H3;8-9H,3-7H2,1-2H3;6H,1-5H3;5-7H,3-4H2,1-2H3;2*1H4. The van der Waals surface area contributed by atoms with Gasteiger partial charge in [0, 0.05) is 17.2 Å². The van der Waals surface area contributed by atoms with Crippen LogP contribution in [0.3, 0.4) is 0 Å². The molecule has 0 aliphatic heterocycles. The first-order valence-electron chi connectivity index (χ1n) is 17.0. The van der Waals surface area contributed by atoms with E-state index in [1.54, 1.807) is 0 Å². The number of nitrogens with one attached hydrogen (secondary N) is 1. The van der Waals surface area contributed by atoms with E-state index in [9.17, 15) is 8.42 Å². The summed E-state index contributed by atoms with van der Waals surface area (Å²) < 4.78 is 24.7. The van der Waals surface area contributed by atoms with E-state index < -0.39 is 10.0 Å². The van der Waals surface area contributed by atoms with Gasteiger partial charge in [-0.15, -0.1) is 0 Å². The first-order chi connectivity index (χ1) is 20.5. The molecule has 5 nitrogen and oxygen atoms in total. The molecular weight excluding hydrogens is 589 g/mol. The van der Waals surface area contributed by atoms with Crippen molar-refractivity contribution in [1.29, 1.82) is 0 Å². The van der Waals surface area contributed by atoms with Gasteiger partial charge in [-0.2, -0.15) is 0 Å². The fourth-order valence-electron chi connectivity index (χ4n) is 4.97. The second kappa shape index (κ2) is 20.2. The summed E-state index contributed by atoms with van der Waals surface area (Å²) in [6.45, 7) is 23.6. The van der Waals surface area contributed by atoms with Gasteiger partial charge in [0.15, 0.2) is 0 Å². The third-order valence-electron chi connectivity index (χ3n) is 8.38. The fraction of sp³-hybridized carbons (Fsp3) is 0.675. The molecule has 0 bridgehead atoms. The molecule has 5 rings (SSSR count). The van der Waals surface area contributed by atoms with Crippen LogP contribution in [0.2, 0.25) is 0 Å². The zero-order valence-electron chi connectivity index (χ0n) is 29.6. The van der Waals surface area contributed by atoms with Gasteiger partial charge >= 0.3 is 0 Å². The number of rotatable bonds is 7. The molecule has 2 saturated carbocycles. The molecule has 3 aliphatic rings. The van der Waals surface area contributed by atoms with Crippen molar-refractivity contribution in [3.8, 4) is 11.1 Å². The Bertz CT molecular complexity index is 1220. The second-order valence-corrected chi connectivity index (χ2v) is 17.0. The summed E-state index contributed by atoms with van der Waals surface area (Å²) in [7, 11) is -2.94. The molecule has 1 N–H and O–H groups in total. The van der Waals surface area contributed by atoms with Crippen molar-refractivity contribution in [2.24, 2.45) is 28.3 Å². The average Bonchev–Trinajstić information content (AvgIpc) is 3.59. The summed E-state index contributed by atoms with van der Waals surface area (Å²) in [6, 6.07) is 16.7. The van der Waals surface area contributed by atoms with Crippen molar-refractivity contribution in [3.05, 3.63) is 59.7 Å². The largest absolute Gasteiger partial charge is 0.393 e. The highest BCUT2D eigenvalue weighted by atomic mass is 32.2. The van der Waals surface area contributed by atoms with E-state index in [1.807, 2.05) is 39.8 Å². The van der Waals surface area contributed by atoms with E-state index in [0.29, 0.717) is 5.41 Å². The Morgan fingerprint density at radius 3 is 1.50 bits per heavy atom. The molecule has 264 valence electrons. The summed E-state index contributed by atoms with van der Waals surface area (Å²) >= 11 is 0. The third-order valence-corrected chi connectivity index (χ3v) is 10.5. The van der Waals surface area contributed by atoms with Crippen molar-refractivity contribution in [1.82, 2.24) is 4.72 Å². The topological polar surface area (TPSA) is 67.8 Å². The van der Waals surface area contributed by atoms with Crippen LogP contribution in [0.4, 0.5) is 0 Å². The van der Waals surface area contributed by atoms with Crippen LogP contribution in [0, 0.1) is 23.2 Å². The number of oxime groups is 1. The Morgan fingerprint density at radius 2 is 1.17 bits per heavy atom. The number of fused-ring (bicyclic) bond motifs is 3. The molecule has 0 atom stereocenters. The van der Waals surface area contributed by atoms with Crippen LogP contribution < -0.4 is 4.72 Å². The Morgan fingerprint density at radius 1 is 0.761 bits per heavy atom. The van der Waals surface area contributed by atoms with Gasteiger partial charge < -0.3 is 4.84 Å². The average molecular weight is 659 g/mol. The quantitative estimate of drug-likeness (QED) is 0.257. The van der Waals surface area contributed by atoms with Crippen molar-refractivity contribution in [2.75, 3.05) is 0 Å². The molecule has 0 aromatic heterocycles. The molecule has 2 aromatic rings. The van der Waals surface area contributed by atoms with Gasteiger partial charge in [-0.25, -0.2) is 13.1 Å². The van der Waals surface area contributed by atoms with Crippen LogP contribution in [0.1, 0.15) is 147 Å². The lowest BCUT2D eigenvalue weighted by molar-refractivity contribution is 0.0863. The number of nitrogens with zero attached hydrogens (tertiary/aromatic N) is 1.